The Kier molecular flexibility index (Phi) is 3.26. The number of halogens is 4. The van der Waals surface area contributed by atoms with Crippen molar-refractivity contribution >= 4 is 11.6 Å². The molecule has 6 heteroatoms. The molecule has 0 fully saturated rings. The average Bonchev–Trinajstić information content (AvgIpc) is 2.30. The molecule has 2 aromatic rings. The Morgan fingerprint density at radius 3 is 2.00 bits per heavy atom. The third kappa shape index (κ3) is 2.18. The molecule has 0 spiro atoms. The van der Waals surface area contributed by atoms with Gasteiger partial charge in [0.1, 0.15) is 5.69 Å². The number of rotatable bonds is 1. The molecule has 1 heterocycles. The first kappa shape index (κ1) is 12.8. The Morgan fingerprint density at radius 2 is 1.44 bits per heavy atom. The minimum atomic E-state index is -1.52. The van der Waals surface area contributed by atoms with E-state index in [1.54, 1.807) is 13.8 Å². The van der Waals surface area contributed by atoms with Crippen molar-refractivity contribution < 1.29 is 13.2 Å². The predicted molar refractivity (Wildman–Crippen MR) is 61.8 cm³/mol. The van der Waals surface area contributed by atoms with E-state index in [2.05, 4.69) is 9.97 Å². The molecule has 0 N–H and O–H groups in total. The second-order valence-corrected chi connectivity index (χ2v) is 4.15. The fraction of sp³-hybridized carbons (Fsp3) is 0.167. The van der Waals surface area contributed by atoms with Gasteiger partial charge in [0.15, 0.2) is 22.6 Å². The molecule has 0 bridgehead atoms. The van der Waals surface area contributed by atoms with Gasteiger partial charge in [-0.3, -0.25) is 0 Å². The topological polar surface area (TPSA) is 25.8 Å². The molecule has 0 aliphatic heterocycles. The molecule has 2 nitrogen and oxygen atoms in total. The lowest BCUT2D eigenvalue weighted by atomic mass is 10.1. The van der Waals surface area contributed by atoms with Gasteiger partial charge in [-0.25, -0.2) is 23.1 Å². The molecule has 1 aromatic heterocycles. The van der Waals surface area contributed by atoms with Crippen molar-refractivity contribution in [1.29, 1.82) is 0 Å². The molecule has 2 rings (SSSR count). The Labute approximate surface area is 106 Å². The van der Waals surface area contributed by atoms with E-state index < -0.39 is 17.5 Å². The van der Waals surface area contributed by atoms with Crippen molar-refractivity contribution in [2.45, 2.75) is 13.8 Å². The Hall–Kier alpha value is -1.62. The highest BCUT2D eigenvalue weighted by atomic mass is 35.5. The second-order valence-electron chi connectivity index (χ2n) is 3.79. The highest BCUT2D eigenvalue weighted by molar-refractivity contribution is 6.31. The molecule has 0 aliphatic rings. The number of aromatic nitrogens is 2. The summed E-state index contributed by atoms with van der Waals surface area (Å²) in [5.74, 6) is -4.10. The fourth-order valence-electron chi connectivity index (χ4n) is 1.45. The van der Waals surface area contributed by atoms with Crippen molar-refractivity contribution in [3.05, 3.63) is 46.1 Å². The lowest BCUT2D eigenvalue weighted by Gasteiger charge is -2.07. The van der Waals surface area contributed by atoms with E-state index in [0.29, 0.717) is 11.4 Å². The lowest BCUT2D eigenvalue weighted by Crippen LogP contribution is -1.98. The van der Waals surface area contributed by atoms with Crippen LogP contribution in [0.5, 0.6) is 0 Å². The van der Waals surface area contributed by atoms with Crippen LogP contribution < -0.4 is 0 Å². The molecule has 94 valence electrons. The summed E-state index contributed by atoms with van der Waals surface area (Å²) >= 11 is 5.87. The Bertz CT molecular complexity index is 606. The van der Waals surface area contributed by atoms with Gasteiger partial charge in [0, 0.05) is 5.56 Å². The third-order valence-electron chi connectivity index (χ3n) is 2.52. The number of nitrogens with zero attached hydrogens (tertiary/aromatic N) is 2. The second kappa shape index (κ2) is 4.57. The predicted octanol–water partition coefficient (Wildman–Crippen LogP) is 3.83. The molecule has 0 unspecified atom stereocenters. The molecule has 0 radical (unpaired) electrons. The zero-order chi connectivity index (χ0) is 13.4. The van der Waals surface area contributed by atoms with Crippen LogP contribution in [0.2, 0.25) is 5.15 Å². The van der Waals surface area contributed by atoms with E-state index in [4.69, 9.17) is 11.6 Å². The monoisotopic (exact) mass is 272 g/mol. The highest BCUT2D eigenvalue weighted by Crippen LogP contribution is 2.27. The van der Waals surface area contributed by atoms with Crippen LogP contribution in [0.15, 0.2) is 12.1 Å². The van der Waals surface area contributed by atoms with Crippen LogP contribution in [0.1, 0.15) is 11.4 Å². The van der Waals surface area contributed by atoms with Crippen LogP contribution >= 0.6 is 11.6 Å². The van der Waals surface area contributed by atoms with Gasteiger partial charge >= 0.3 is 0 Å². The molecule has 0 amide bonds. The number of hydrogen-bond acceptors (Lipinski definition) is 2. The summed E-state index contributed by atoms with van der Waals surface area (Å²) in [6, 6.07) is 1.67. The van der Waals surface area contributed by atoms with E-state index in [0.717, 1.165) is 12.1 Å². The van der Waals surface area contributed by atoms with E-state index >= 15 is 0 Å². The van der Waals surface area contributed by atoms with Gasteiger partial charge in [0.2, 0.25) is 0 Å². The van der Waals surface area contributed by atoms with Crippen molar-refractivity contribution in [3.63, 3.8) is 0 Å². The van der Waals surface area contributed by atoms with E-state index in [-0.39, 0.29) is 16.4 Å². The zero-order valence-electron chi connectivity index (χ0n) is 9.56. The first-order valence-electron chi connectivity index (χ1n) is 5.06. The Morgan fingerprint density at radius 1 is 0.944 bits per heavy atom. The maximum Gasteiger partial charge on any atom is 0.194 e. The van der Waals surface area contributed by atoms with Crippen LogP contribution in [-0.4, -0.2) is 9.97 Å². The standard InChI is InChI=1S/C12H8ClF3N2/c1-5-6(2)18-12(13)11(17-5)7-3-8(14)10(16)9(15)4-7/h3-4H,1-2H3. The van der Waals surface area contributed by atoms with Crippen LogP contribution in [0, 0.1) is 31.3 Å². The molecule has 18 heavy (non-hydrogen) atoms. The van der Waals surface area contributed by atoms with Gasteiger partial charge in [-0.05, 0) is 26.0 Å². The minimum Gasteiger partial charge on any atom is -0.248 e. The number of hydrogen-bond donors (Lipinski definition) is 0. The molecule has 1 aromatic carbocycles. The van der Waals surface area contributed by atoms with Crippen molar-refractivity contribution in [2.24, 2.45) is 0 Å². The van der Waals surface area contributed by atoms with Gasteiger partial charge in [-0.2, -0.15) is 0 Å². The van der Waals surface area contributed by atoms with Gasteiger partial charge in [0.05, 0.1) is 11.4 Å². The molecule has 0 aliphatic carbocycles. The van der Waals surface area contributed by atoms with Crippen LogP contribution in [-0.2, 0) is 0 Å². The van der Waals surface area contributed by atoms with Gasteiger partial charge in [-0.1, -0.05) is 11.6 Å². The van der Waals surface area contributed by atoms with Gasteiger partial charge in [-0.15, -0.1) is 0 Å². The van der Waals surface area contributed by atoms with Crippen molar-refractivity contribution in [3.8, 4) is 11.3 Å². The fourth-order valence-corrected chi connectivity index (χ4v) is 1.73. The minimum absolute atomic E-state index is 0.0171. The normalized spacial score (nSPS) is 10.8. The van der Waals surface area contributed by atoms with E-state index in [9.17, 15) is 13.2 Å². The number of aryl methyl sites for hydroxylation is 2. The maximum atomic E-state index is 13.1. The summed E-state index contributed by atoms with van der Waals surface area (Å²) in [5, 5.41) is 0.0171. The molecular weight excluding hydrogens is 265 g/mol. The van der Waals surface area contributed by atoms with Crippen molar-refractivity contribution in [2.75, 3.05) is 0 Å². The summed E-state index contributed by atoms with van der Waals surface area (Å²) in [6.45, 7) is 3.40. The van der Waals surface area contributed by atoms with E-state index in [1.807, 2.05) is 0 Å². The largest absolute Gasteiger partial charge is 0.248 e. The van der Waals surface area contributed by atoms with Crippen LogP contribution in [0.25, 0.3) is 11.3 Å². The molecular formula is C12H8ClF3N2. The molecule has 0 saturated carbocycles. The van der Waals surface area contributed by atoms with E-state index in [1.165, 1.54) is 0 Å². The first-order chi connectivity index (χ1) is 8.40. The van der Waals surface area contributed by atoms with Gasteiger partial charge in [0.25, 0.3) is 0 Å². The smallest absolute Gasteiger partial charge is 0.194 e. The summed E-state index contributed by atoms with van der Waals surface area (Å²) in [7, 11) is 0. The summed E-state index contributed by atoms with van der Waals surface area (Å²) in [4.78, 5) is 8.10. The van der Waals surface area contributed by atoms with Crippen molar-refractivity contribution in [1.82, 2.24) is 9.97 Å². The first-order valence-corrected chi connectivity index (χ1v) is 5.43. The Balaban J connectivity index is 2.66. The molecule has 0 atom stereocenters. The summed E-state index contributed by atoms with van der Waals surface area (Å²) < 4.78 is 39.1. The quantitative estimate of drug-likeness (QED) is 0.737. The third-order valence-corrected chi connectivity index (χ3v) is 2.79. The highest BCUT2D eigenvalue weighted by Gasteiger charge is 2.15. The van der Waals surface area contributed by atoms with Crippen LogP contribution in [0.4, 0.5) is 13.2 Å². The lowest BCUT2D eigenvalue weighted by molar-refractivity contribution is 0.447. The maximum absolute atomic E-state index is 13.1. The average molecular weight is 273 g/mol. The summed E-state index contributed by atoms with van der Waals surface area (Å²) in [6.07, 6.45) is 0. The zero-order valence-corrected chi connectivity index (χ0v) is 10.3. The summed E-state index contributed by atoms with van der Waals surface area (Å²) in [5.41, 5.74) is 1.37. The SMILES string of the molecule is Cc1nc(Cl)c(-c2cc(F)c(F)c(F)c2)nc1C. The number of benzene rings is 1. The molecule has 0 saturated heterocycles. The van der Waals surface area contributed by atoms with Gasteiger partial charge < -0.3 is 0 Å². The van der Waals surface area contributed by atoms with Crippen LogP contribution in [0.3, 0.4) is 0 Å².